The number of H-pyrrole nitrogens is 1. The largest absolute Gasteiger partial charge is 0.487 e. The average Bonchev–Trinajstić information content (AvgIpc) is 3.55. The van der Waals surface area contributed by atoms with Crippen LogP contribution in [-0.4, -0.2) is 54.0 Å². The molecule has 0 bridgehead atoms. The lowest BCUT2D eigenvalue weighted by atomic mass is 9.87. The highest BCUT2D eigenvalue weighted by atomic mass is 19.3. The Balaban J connectivity index is 1.53. The molecular weight excluding hydrogens is 518 g/mol. The van der Waals surface area contributed by atoms with Crippen molar-refractivity contribution >= 4 is 12.2 Å². The standard InChI is InChI=1S/C24H20F6N6O2/c1-23(37,17-8-5-15(25)10-18(17)26)20(21-31-12-33-34-21)36-13-32-19(35-36)9-4-14-2-6-16(7-3-14)38-11-24(29,30)22(27)28/h2-10,12-13,20,22,37H,11H2,1H3,(H,31,33,34). The van der Waals surface area contributed by atoms with Crippen molar-refractivity contribution < 1.29 is 36.2 Å². The van der Waals surface area contributed by atoms with Crippen LogP contribution < -0.4 is 4.74 Å². The van der Waals surface area contributed by atoms with E-state index in [0.717, 1.165) is 12.1 Å². The van der Waals surface area contributed by atoms with E-state index in [1.165, 1.54) is 54.6 Å². The number of ether oxygens (including phenoxy) is 1. The Kier molecular flexibility index (Phi) is 7.53. The lowest BCUT2D eigenvalue weighted by Gasteiger charge is -2.32. The molecule has 0 fully saturated rings. The van der Waals surface area contributed by atoms with E-state index in [1.54, 1.807) is 6.08 Å². The molecule has 14 heteroatoms. The molecule has 0 radical (unpaired) electrons. The molecule has 2 aromatic carbocycles. The van der Waals surface area contributed by atoms with E-state index in [4.69, 9.17) is 4.74 Å². The van der Waals surface area contributed by atoms with E-state index in [-0.39, 0.29) is 23.0 Å². The fraction of sp³-hybridized carbons (Fsp3) is 0.250. The summed E-state index contributed by atoms with van der Waals surface area (Å²) in [6.45, 7) is -0.145. The van der Waals surface area contributed by atoms with Gasteiger partial charge < -0.3 is 9.84 Å². The number of hydrogen-bond donors (Lipinski definition) is 2. The summed E-state index contributed by atoms with van der Waals surface area (Å²) in [4.78, 5) is 8.21. The first-order valence-electron chi connectivity index (χ1n) is 11.0. The van der Waals surface area contributed by atoms with Crippen molar-refractivity contribution in [3.63, 3.8) is 0 Å². The summed E-state index contributed by atoms with van der Waals surface area (Å²) in [6.07, 6.45) is 1.72. The van der Waals surface area contributed by atoms with Gasteiger partial charge in [-0.3, -0.25) is 5.10 Å². The number of benzene rings is 2. The number of rotatable bonds is 10. The maximum atomic E-state index is 14.6. The topological polar surface area (TPSA) is 102 Å². The molecule has 2 aromatic heterocycles. The third-order valence-corrected chi connectivity index (χ3v) is 5.55. The second-order valence-electron chi connectivity index (χ2n) is 8.38. The van der Waals surface area contributed by atoms with Crippen molar-refractivity contribution in [1.82, 2.24) is 29.9 Å². The number of aliphatic hydroxyl groups is 1. The molecule has 0 spiro atoms. The highest BCUT2D eigenvalue weighted by Crippen LogP contribution is 2.37. The average molecular weight is 538 g/mol. The zero-order valence-electron chi connectivity index (χ0n) is 19.6. The van der Waals surface area contributed by atoms with Gasteiger partial charge >= 0.3 is 12.3 Å². The molecule has 0 aliphatic rings. The van der Waals surface area contributed by atoms with E-state index < -0.39 is 42.2 Å². The fourth-order valence-corrected chi connectivity index (χ4v) is 3.62. The molecule has 2 atom stereocenters. The summed E-state index contributed by atoms with van der Waals surface area (Å²) in [6, 6.07) is 7.32. The summed E-state index contributed by atoms with van der Waals surface area (Å²) in [5, 5.41) is 22.0. The van der Waals surface area contributed by atoms with E-state index in [0.29, 0.717) is 11.6 Å². The molecule has 0 amide bonds. The van der Waals surface area contributed by atoms with Gasteiger partial charge in [0.25, 0.3) is 0 Å². The molecule has 200 valence electrons. The van der Waals surface area contributed by atoms with Crippen LogP contribution in [0.3, 0.4) is 0 Å². The Morgan fingerprint density at radius 3 is 2.45 bits per heavy atom. The molecule has 4 rings (SSSR count). The predicted molar refractivity (Wildman–Crippen MR) is 122 cm³/mol. The van der Waals surface area contributed by atoms with E-state index in [1.807, 2.05) is 0 Å². The van der Waals surface area contributed by atoms with E-state index >= 15 is 0 Å². The van der Waals surface area contributed by atoms with Gasteiger partial charge in [-0.25, -0.2) is 32.2 Å². The third-order valence-electron chi connectivity index (χ3n) is 5.55. The lowest BCUT2D eigenvalue weighted by Crippen LogP contribution is -2.37. The molecule has 2 N–H and O–H groups in total. The normalized spacial score (nSPS) is 14.7. The number of hydrogen-bond acceptors (Lipinski definition) is 6. The van der Waals surface area contributed by atoms with E-state index in [2.05, 4.69) is 25.3 Å². The SMILES string of the molecule is CC(O)(c1ccc(F)cc1F)C(c1ncn[nH]1)n1cnc(C=Cc2ccc(OCC(F)(F)C(F)F)cc2)n1. The first-order valence-corrected chi connectivity index (χ1v) is 11.0. The van der Waals surface area contributed by atoms with Crippen LogP contribution in [-0.2, 0) is 5.60 Å². The van der Waals surface area contributed by atoms with Crippen molar-refractivity contribution in [3.8, 4) is 5.75 Å². The van der Waals surface area contributed by atoms with Crippen LogP contribution in [0.2, 0.25) is 0 Å². The Bertz CT molecular complexity index is 1390. The first kappa shape index (κ1) is 26.9. The van der Waals surface area contributed by atoms with Crippen molar-refractivity contribution in [2.24, 2.45) is 0 Å². The minimum Gasteiger partial charge on any atom is -0.487 e. The minimum absolute atomic E-state index is 0.0185. The Morgan fingerprint density at radius 2 is 1.82 bits per heavy atom. The lowest BCUT2D eigenvalue weighted by molar-refractivity contribution is -0.148. The third kappa shape index (κ3) is 5.85. The summed E-state index contributed by atoms with van der Waals surface area (Å²) in [5.74, 6) is -5.74. The monoisotopic (exact) mass is 538 g/mol. The highest BCUT2D eigenvalue weighted by Gasteiger charge is 2.42. The quantitative estimate of drug-likeness (QED) is 0.286. The summed E-state index contributed by atoms with van der Waals surface area (Å²) >= 11 is 0. The molecule has 0 saturated carbocycles. The van der Waals surface area contributed by atoms with Crippen LogP contribution in [0, 0.1) is 11.6 Å². The predicted octanol–water partition coefficient (Wildman–Crippen LogP) is 4.62. The second-order valence-corrected chi connectivity index (χ2v) is 8.38. The van der Waals surface area contributed by atoms with Crippen molar-refractivity contribution in [2.75, 3.05) is 6.61 Å². The number of aromatic nitrogens is 6. The van der Waals surface area contributed by atoms with Crippen LogP contribution in [0.15, 0.2) is 55.1 Å². The Morgan fingerprint density at radius 1 is 1.08 bits per heavy atom. The molecule has 4 aromatic rings. The number of nitrogens with zero attached hydrogens (tertiary/aromatic N) is 5. The molecule has 0 aliphatic heterocycles. The number of nitrogens with one attached hydrogen (secondary N) is 1. The van der Waals surface area contributed by atoms with Gasteiger partial charge in [0.05, 0.1) is 0 Å². The van der Waals surface area contributed by atoms with Gasteiger partial charge in [0.15, 0.2) is 18.3 Å². The summed E-state index contributed by atoms with van der Waals surface area (Å²) in [5.41, 5.74) is -1.59. The summed E-state index contributed by atoms with van der Waals surface area (Å²) in [7, 11) is 0. The van der Waals surface area contributed by atoms with Crippen molar-refractivity contribution in [3.05, 3.63) is 89.5 Å². The molecule has 0 saturated heterocycles. The zero-order valence-corrected chi connectivity index (χ0v) is 19.6. The Labute approximate surface area is 211 Å². The van der Waals surface area contributed by atoms with Crippen LogP contribution >= 0.6 is 0 Å². The van der Waals surface area contributed by atoms with Crippen LogP contribution in [0.5, 0.6) is 5.75 Å². The van der Waals surface area contributed by atoms with Crippen LogP contribution in [0.1, 0.15) is 35.7 Å². The smallest absolute Gasteiger partial charge is 0.340 e. The van der Waals surface area contributed by atoms with Gasteiger partial charge in [-0.2, -0.15) is 19.0 Å². The number of alkyl halides is 4. The second kappa shape index (κ2) is 10.7. The van der Waals surface area contributed by atoms with Gasteiger partial charge in [0, 0.05) is 11.6 Å². The maximum Gasteiger partial charge on any atom is 0.340 e. The molecule has 8 nitrogen and oxygen atoms in total. The molecule has 2 heterocycles. The van der Waals surface area contributed by atoms with Crippen molar-refractivity contribution in [1.29, 1.82) is 0 Å². The maximum absolute atomic E-state index is 14.6. The zero-order chi connectivity index (χ0) is 27.5. The number of aromatic amines is 1. The summed E-state index contributed by atoms with van der Waals surface area (Å²) < 4.78 is 84.5. The van der Waals surface area contributed by atoms with Gasteiger partial charge in [0.1, 0.15) is 41.7 Å². The van der Waals surface area contributed by atoms with Crippen LogP contribution in [0.4, 0.5) is 26.3 Å². The number of halogens is 6. The fourth-order valence-electron chi connectivity index (χ4n) is 3.62. The Hall–Kier alpha value is -4.20. The van der Waals surface area contributed by atoms with Crippen LogP contribution in [0.25, 0.3) is 12.2 Å². The molecule has 0 aliphatic carbocycles. The van der Waals surface area contributed by atoms with Gasteiger partial charge in [0.2, 0.25) is 0 Å². The van der Waals surface area contributed by atoms with Gasteiger partial charge in [-0.15, -0.1) is 0 Å². The van der Waals surface area contributed by atoms with Gasteiger partial charge in [-0.05, 0) is 36.8 Å². The highest BCUT2D eigenvalue weighted by molar-refractivity contribution is 5.66. The molecular formula is C24H20F6N6O2. The molecule has 2 unspecified atom stereocenters. The first-order chi connectivity index (χ1) is 18.0. The van der Waals surface area contributed by atoms with Crippen molar-refractivity contribution in [2.45, 2.75) is 30.9 Å². The molecule has 38 heavy (non-hydrogen) atoms. The van der Waals surface area contributed by atoms with E-state index in [9.17, 15) is 31.4 Å². The minimum atomic E-state index is -4.26. The van der Waals surface area contributed by atoms with Gasteiger partial charge in [-0.1, -0.05) is 24.3 Å².